The minimum Gasteiger partial charge on any atom is -0.383 e. The molecule has 0 spiro atoms. The van der Waals surface area contributed by atoms with Crippen molar-refractivity contribution >= 4 is 5.69 Å². The van der Waals surface area contributed by atoms with Crippen LogP contribution in [0, 0.1) is 0 Å². The first kappa shape index (κ1) is 10.8. The lowest BCUT2D eigenvalue weighted by atomic mass is 10.1. The van der Waals surface area contributed by atoms with E-state index in [4.69, 9.17) is 0 Å². The molecule has 0 aromatic heterocycles. The maximum Gasteiger partial charge on any atom is 0.0342 e. The fourth-order valence-electron chi connectivity index (χ4n) is 1.40. The van der Waals surface area contributed by atoms with Gasteiger partial charge in [-0.15, -0.1) is 0 Å². The van der Waals surface area contributed by atoms with Gasteiger partial charge in [-0.25, -0.2) is 0 Å². The molecule has 0 saturated heterocycles. The molecule has 1 rings (SSSR count). The zero-order valence-electron chi connectivity index (χ0n) is 9.03. The van der Waals surface area contributed by atoms with E-state index in [1.54, 1.807) is 0 Å². The minimum atomic E-state index is 0.536. The van der Waals surface area contributed by atoms with Crippen LogP contribution < -0.4 is 5.32 Å². The quantitative estimate of drug-likeness (QED) is 0.694. The van der Waals surface area contributed by atoms with Crippen molar-refractivity contribution in [2.45, 2.75) is 32.7 Å². The van der Waals surface area contributed by atoms with Crippen molar-refractivity contribution in [1.29, 1.82) is 0 Å². The summed E-state index contributed by atoms with van der Waals surface area (Å²) in [6, 6.07) is 10.9. The van der Waals surface area contributed by atoms with E-state index in [2.05, 4.69) is 55.6 Å². The molecule has 0 aliphatic heterocycles. The Bertz CT molecular complexity index is 264. The highest BCUT2D eigenvalue weighted by Gasteiger charge is 1.99. The van der Waals surface area contributed by atoms with E-state index in [-0.39, 0.29) is 0 Å². The Morgan fingerprint density at radius 1 is 1.29 bits per heavy atom. The smallest absolute Gasteiger partial charge is 0.0342 e. The van der Waals surface area contributed by atoms with E-state index in [1.165, 1.54) is 12.1 Å². The van der Waals surface area contributed by atoms with Gasteiger partial charge in [-0.2, -0.15) is 0 Å². The molecule has 1 atom stereocenters. The van der Waals surface area contributed by atoms with E-state index < -0.39 is 0 Å². The number of hydrogen-bond donors (Lipinski definition) is 1. The summed E-state index contributed by atoms with van der Waals surface area (Å²) >= 11 is 0. The van der Waals surface area contributed by atoms with Gasteiger partial charge in [0.1, 0.15) is 0 Å². The molecule has 0 bridgehead atoms. The van der Waals surface area contributed by atoms with Gasteiger partial charge in [-0.3, -0.25) is 0 Å². The summed E-state index contributed by atoms with van der Waals surface area (Å²) in [4.78, 5) is 0. The summed E-state index contributed by atoms with van der Waals surface area (Å²) < 4.78 is 0. The Labute approximate surface area is 86.8 Å². The topological polar surface area (TPSA) is 12.0 Å². The van der Waals surface area contributed by atoms with Crippen LogP contribution in [0.1, 0.15) is 26.7 Å². The van der Waals surface area contributed by atoms with Gasteiger partial charge in [-0.1, -0.05) is 30.4 Å². The molecule has 0 amide bonds. The third-order valence-corrected chi connectivity index (χ3v) is 2.19. The Kier molecular flexibility index (Phi) is 4.84. The second kappa shape index (κ2) is 6.25. The lowest BCUT2D eigenvalue weighted by molar-refractivity contribution is 0.718. The first-order valence-electron chi connectivity index (χ1n) is 5.25. The Morgan fingerprint density at radius 3 is 2.64 bits per heavy atom. The van der Waals surface area contributed by atoms with Gasteiger partial charge in [0, 0.05) is 11.7 Å². The van der Waals surface area contributed by atoms with Crippen LogP contribution in [0.4, 0.5) is 5.69 Å². The number of allylic oxidation sites excluding steroid dienone is 2. The number of rotatable bonds is 5. The van der Waals surface area contributed by atoms with E-state index in [0.29, 0.717) is 6.04 Å². The standard InChI is InChI=1S/C13H19N/c1-3-4-6-9-12(2)14-13-10-7-5-8-11-13/h3-5,7-8,10-12,14H,6,9H2,1-2H3/b4-3-. The van der Waals surface area contributed by atoms with Gasteiger partial charge in [0.25, 0.3) is 0 Å². The van der Waals surface area contributed by atoms with Crippen molar-refractivity contribution in [2.24, 2.45) is 0 Å². The summed E-state index contributed by atoms with van der Waals surface area (Å²) in [6.45, 7) is 4.28. The molecule has 0 saturated carbocycles. The molecule has 1 nitrogen and oxygen atoms in total. The molecule has 0 fully saturated rings. The van der Waals surface area contributed by atoms with Gasteiger partial charge in [0.05, 0.1) is 0 Å². The van der Waals surface area contributed by atoms with Crippen LogP contribution in [0.15, 0.2) is 42.5 Å². The zero-order valence-corrected chi connectivity index (χ0v) is 9.03. The average molecular weight is 189 g/mol. The Hall–Kier alpha value is -1.24. The molecule has 1 unspecified atom stereocenters. The molecule has 1 N–H and O–H groups in total. The van der Waals surface area contributed by atoms with E-state index >= 15 is 0 Å². The number of anilines is 1. The number of nitrogens with one attached hydrogen (secondary N) is 1. The minimum absolute atomic E-state index is 0.536. The van der Waals surface area contributed by atoms with Crippen molar-refractivity contribution in [1.82, 2.24) is 0 Å². The summed E-state index contributed by atoms with van der Waals surface area (Å²) in [5, 5.41) is 3.47. The van der Waals surface area contributed by atoms with Gasteiger partial charge in [-0.05, 0) is 38.8 Å². The van der Waals surface area contributed by atoms with Crippen LogP contribution in [-0.2, 0) is 0 Å². The second-order valence-corrected chi connectivity index (χ2v) is 3.56. The first-order valence-corrected chi connectivity index (χ1v) is 5.25. The Balaban J connectivity index is 2.30. The van der Waals surface area contributed by atoms with Crippen molar-refractivity contribution < 1.29 is 0 Å². The molecule has 1 heteroatoms. The fourth-order valence-corrected chi connectivity index (χ4v) is 1.40. The van der Waals surface area contributed by atoms with Crippen molar-refractivity contribution in [3.05, 3.63) is 42.5 Å². The predicted octanol–water partition coefficient (Wildman–Crippen LogP) is 3.84. The highest BCUT2D eigenvalue weighted by Crippen LogP contribution is 2.09. The molecule has 1 aromatic carbocycles. The highest BCUT2D eigenvalue weighted by atomic mass is 14.9. The molecule has 0 radical (unpaired) electrons. The summed E-state index contributed by atoms with van der Waals surface area (Å²) in [5.41, 5.74) is 1.21. The first-order chi connectivity index (χ1) is 6.83. The fraction of sp³-hybridized carbons (Fsp3) is 0.385. The maximum absolute atomic E-state index is 3.47. The van der Waals surface area contributed by atoms with Gasteiger partial charge < -0.3 is 5.32 Å². The summed E-state index contributed by atoms with van der Waals surface area (Å²) in [5.74, 6) is 0. The van der Waals surface area contributed by atoms with Crippen LogP contribution in [0.5, 0.6) is 0 Å². The van der Waals surface area contributed by atoms with Crippen molar-refractivity contribution in [3.63, 3.8) is 0 Å². The predicted molar refractivity (Wildman–Crippen MR) is 63.6 cm³/mol. The molecule has 0 aliphatic carbocycles. The third-order valence-electron chi connectivity index (χ3n) is 2.19. The van der Waals surface area contributed by atoms with Crippen LogP contribution in [0.3, 0.4) is 0 Å². The lowest BCUT2D eigenvalue weighted by Gasteiger charge is -2.13. The molecule has 1 aromatic rings. The summed E-state index contributed by atoms with van der Waals surface area (Å²) in [6.07, 6.45) is 6.65. The molecular weight excluding hydrogens is 170 g/mol. The largest absolute Gasteiger partial charge is 0.383 e. The second-order valence-electron chi connectivity index (χ2n) is 3.56. The van der Waals surface area contributed by atoms with E-state index in [0.717, 1.165) is 6.42 Å². The summed E-state index contributed by atoms with van der Waals surface area (Å²) in [7, 11) is 0. The lowest BCUT2D eigenvalue weighted by Crippen LogP contribution is -2.14. The van der Waals surface area contributed by atoms with Crippen LogP contribution in [0.2, 0.25) is 0 Å². The molecule has 14 heavy (non-hydrogen) atoms. The normalized spacial score (nSPS) is 13.0. The monoisotopic (exact) mass is 189 g/mol. The van der Waals surface area contributed by atoms with Crippen LogP contribution >= 0.6 is 0 Å². The highest BCUT2D eigenvalue weighted by molar-refractivity contribution is 5.43. The van der Waals surface area contributed by atoms with Crippen molar-refractivity contribution in [3.8, 4) is 0 Å². The number of hydrogen-bond acceptors (Lipinski definition) is 1. The van der Waals surface area contributed by atoms with Gasteiger partial charge in [0.15, 0.2) is 0 Å². The zero-order chi connectivity index (χ0) is 10.2. The van der Waals surface area contributed by atoms with Gasteiger partial charge in [0.2, 0.25) is 0 Å². The average Bonchev–Trinajstić information content (AvgIpc) is 2.20. The van der Waals surface area contributed by atoms with Crippen molar-refractivity contribution in [2.75, 3.05) is 5.32 Å². The number of para-hydroxylation sites is 1. The number of benzene rings is 1. The molecule has 0 heterocycles. The third kappa shape index (κ3) is 4.13. The molecule has 76 valence electrons. The van der Waals surface area contributed by atoms with E-state index in [1.807, 2.05) is 6.07 Å². The SMILES string of the molecule is C/C=C\CCC(C)Nc1ccccc1. The molecular formula is C13H19N. The maximum atomic E-state index is 3.47. The van der Waals surface area contributed by atoms with Crippen LogP contribution in [-0.4, -0.2) is 6.04 Å². The Morgan fingerprint density at radius 2 is 2.00 bits per heavy atom. The van der Waals surface area contributed by atoms with Gasteiger partial charge >= 0.3 is 0 Å². The van der Waals surface area contributed by atoms with Crippen LogP contribution in [0.25, 0.3) is 0 Å². The van der Waals surface area contributed by atoms with E-state index in [9.17, 15) is 0 Å². The molecule has 0 aliphatic rings.